The molecule has 0 spiro atoms. The summed E-state index contributed by atoms with van der Waals surface area (Å²) in [6.07, 6.45) is 6.71. The van der Waals surface area contributed by atoms with E-state index in [-0.39, 0.29) is 6.04 Å². The van der Waals surface area contributed by atoms with E-state index in [4.69, 9.17) is 19.5 Å². The van der Waals surface area contributed by atoms with Gasteiger partial charge in [0.15, 0.2) is 5.82 Å². The van der Waals surface area contributed by atoms with E-state index in [1.807, 2.05) is 36.0 Å². The zero-order valence-corrected chi connectivity index (χ0v) is 18.3. The molecule has 0 bridgehead atoms. The van der Waals surface area contributed by atoms with Crippen molar-refractivity contribution in [3.05, 3.63) is 36.3 Å². The number of hydrogen-bond donors (Lipinski definition) is 1. The van der Waals surface area contributed by atoms with Gasteiger partial charge in [-0.1, -0.05) is 0 Å². The lowest BCUT2D eigenvalue weighted by Gasteiger charge is -2.35. The summed E-state index contributed by atoms with van der Waals surface area (Å²) in [5.41, 5.74) is 2.47. The van der Waals surface area contributed by atoms with Gasteiger partial charge >= 0.3 is 0 Å². The molecule has 1 unspecified atom stereocenters. The lowest BCUT2D eigenvalue weighted by Crippen LogP contribution is -2.44. The van der Waals surface area contributed by atoms with Gasteiger partial charge in [-0.05, 0) is 31.9 Å². The zero-order chi connectivity index (χ0) is 21.1. The first-order valence-corrected chi connectivity index (χ1v) is 12.1. The van der Waals surface area contributed by atoms with Gasteiger partial charge in [0.2, 0.25) is 0 Å². The van der Waals surface area contributed by atoms with Crippen molar-refractivity contribution in [3.63, 3.8) is 0 Å². The maximum Gasteiger partial charge on any atom is 0.162 e. The molecule has 1 aliphatic carbocycles. The van der Waals surface area contributed by atoms with E-state index >= 15 is 0 Å². The van der Waals surface area contributed by atoms with Crippen molar-refractivity contribution < 1.29 is 8.95 Å². The van der Waals surface area contributed by atoms with Gasteiger partial charge in [-0.15, -0.1) is 0 Å². The van der Waals surface area contributed by atoms with Crippen LogP contribution in [0, 0.1) is 4.78 Å². The number of nitrogens with one attached hydrogen (secondary N) is 1. The fourth-order valence-corrected chi connectivity index (χ4v) is 5.71. The second-order valence-corrected chi connectivity index (χ2v) is 10.9. The molecule has 0 aromatic carbocycles. The number of aromatic nitrogens is 4. The van der Waals surface area contributed by atoms with Crippen LogP contribution in [-0.2, 0) is 26.3 Å². The zero-order valence-electron chi connectivity index (χ0n) is 17.5. The molecule has 0 amide bonds. The average Bonchev–Trinajstić information content (AvgIpc) is 3.47. The first-order chi connectivity index (χ1) is 14.3. The molecule has 5 rings (SSSR count). The summed E-state index contributed by atoms with van der Waals surface area (Å²) in [6.45, 7) is 4.14. The summed E-state index contributed by atoms with van der Waals surface area (Å²) in [4.78, 5) is 16.5. The molecule has 4 heterocycles. The molecule has 2 fully saturated rings. The van der Waals surface area contributed by atoms with Crippen molar-refractivity contribution in [1.29, 1.82) is 4.78 Å². The van der Waals surface area contributed by atoms with E-state index in [1.165, 1.54) is 6.26 Å². The highest BCUT2D eigenvalue weighted by atomic mass is 32.2. The van der Waals surface area contributed by atoms with Crippen molar-refractivity contribution in [2.75, 3.05) is 30.9 Å². The number of nitrogens with zero attached hydrogens (tertiary/aromatic N) is 5. The number of hydrogen-bond acceptors (Lipinski definition) is 7. The van der Waals surface area contributed by atoms with Crippen molar-refractivity contribution in [1.82, 2.24) is 19.5 Å². The van der Waals surface area contributed by atoms with Gasteiger partial charge in [0.1, 0.15) is 11.5 Å². The first kappa shape index (κ1) is 19.4. The smallest absolute Gasteiger partial charge is 0.162 e. The highest BCUT2D eigenvalue weighted by molar-refractivity contribution is 7.92. The lowest BCUT2D eigenvalue weighted by molar-refractivity contribution is 0.0985. The largest absolute Gasteiger partial charge is 0.377 e. The Kier molecular flexibility index (Phi) is 4.37. The Morgan fingerprint density at radius 2 is 2.10 bits per heavy atom. The van der Waals surface area contributed by atoms with Crippen LogP contribution < -0.4 is 4.90 Å². The van der Waals surface area contributed by atoms with Gasteiger partial charge in [0.05, 0.1) is 39.4 Å². The van der Waals surface area contributed by atoms with E-state index in [1.54, 1.807) is 6.20 Å². The van der Waals surface area contributed by atoms with E-state index in [9.17, 15) is 4.21 Å². The van der Waals surface area contributed by atoms with Gasteiger partial charge in [0, 0.05) is 49.3 Å². The third-order valence-corrected chi connectivity index (χ3v) is 8.41. The van der Waals surface area contributed by atoms with E-state index in [0.717, 1.165) is 41.8 Å². The minimum Gasteiger partial charge on any atom is -0.377 e. The van der Waals surface area contributed by atoms with Crippen LogP contribution in [0.15, 0.2) is 30.6 Å². The van der Waals surface area contributed by atoms with Crippen molar-refractivity contribution in [3.8, 4) is 11.4 Å². The summed E-state index contributed by atoms with van der Waals surface area (Å²) in [6, 6.07) is 6.07. The van der Waals surface area contributed by atoms with Crippen molar-refractivity contribution in [2.45, 2.75) is 30.6 Å². The molecule has 1 saturated heterocycles. The number of aryl methyl sites for hydroxylation is 1. The Labute approximate surface area is 176 Å². The minimum atomic E-state index is -2.79. The third-order valence-electron chi connectivity index (χ3n) is 6.30. The number of rotatable bonds is 4. The van der Waals surface area contributed by atoms with Crippen LogP contribution in [-0.4, -0.2) is 55.8 Å². The van der Waals surface area contributed by atoms with Crippen LogP contribution in [0.5, 0.6) is 0 Å². The van der Waals surface area contributed by atoms with Gasteiger partial charge < -0.3 is 14.2 Å². The molecule has 30 heavy (non-hydrogen) atoms. The Morgan fingerprint density at radius 3 is 2.80 bits per heavy atom. The van der Waals surface area contributed by atoms with E-state index < -0.39 is 14.5 Å². The van der Waals surface area contributed by atoms with E-state index in [0.29, 0.717) is 24.7 Å². The highest BCUT2D eigenvalue weighted by Crippen LogP contribution is 2.52. The minimum absolute atomic E-state index is 0.181. The lowest BCUT2D eigenvalue weighted by atomic mass is 10.1. The summed E-state index contributed by atoms with van der Waals surface area (Å²) in [7, 11) is -0.832. The topological polar surface area (TPSA) is 97.0 Å². The number of pyridine rings is 1. The third kappa shape index (κ3) is 2.99. The second kappa shape index (κ2) is 6.75. The van der Waals surface area contributed by atoms with Crippen LogP contribution in [0.3, 0.4) is 0 Å². The summed E-state index contributed by atoms with van der Waals surface area (Å²) in [5, 5.41) is 0.978. The maximum atomic E-state index is 12.8. The molecule has 158 valence electrons. The summed E-state index contributed by atoms with van der Waals surface area (Å²) < 4.78 is 28.1. The predicted molar refractivity (Wildman–Crippen MR) is 117 cm³/mol. The average molecular weight is 427 g/mol. The number of morpholine rings is 1. The van der Waals surface area contributed by atoms with Crippen molar-refractivity contribution >= 4 is 26.6 Å². The van der Waals surface area contributed by atoms with Crippen LogP contribution in [0.1, 0.15) is 25.5 Å². The molecule has 0 radical (unpaired) electrons. The Morgan fingerprint density at radius 1 is 1.30 bits per heavy atom. The first-order valence-electron chi connectivity index (χ1n) is 10.2. The molecule has 2 aliphatic rings. The number of fused-ring (bicyclic) bond motifs is 1. The molecule has 1 N–H and O–H groups in total. The fraction of sp³-hybridized carbons (Fsp3) is 0.476. The number of ether oxygens (including phenoxy) is 1. The quantitative estimate of drug-likeness (QED) is 0.689. The molecular formula is C21H26N6O2S. The second-order valence-electron chi connectivity index (χ2n) is 8.41. The monoisotopic (exact) mass is 426 g/mol. The summed E-state index contributed by atoms with van der Waals surface area (Å²) in [5.74, 6) is 1.40. The predicted octanol–water partition coefficient (Wildman–Crippen LogP) is 2.92. The SMILES string of the molecule is C[C@@H]1COCCN1c1cc(C2(S(C)(=N)=O)CC2)nc(-c2ccnc3c2ccn3C)n1. The van der Waals surface area contributed by atoms with Crippen LogP contribution >= 0.6 is 0 Å². The standard InChI is InChI=1S/C21H26N6O2S/c1-14-13-29-11-10-27(14)18-12-17(21(6-7-21)30(3,22)28)24-19(25-18)15-4-8-23-20-16(15)5-9-26(20)2/h4-5,8-9,12,14,22H,6-7,10-11,13H2,1-3H3/t14-,30?/m1/s1. The molecule has 3 aromatic rings. The Bertz CT molecular complexity index is 1230. The molecular weight excluding hydrogens is 400 g/mol. The Hall–Kier alpha value is -2.52. The highest BCUT2D eigenvalue weighted by Gasteiger charge is 2.53. The van der Waals surface area contributed by atoms with Gasteiger partial charge in [-0.25, -0.2) is 19.2 Å². The normalized spacial score (nSPS) is 22.8. The Balaban J connectivity index is 1.73. The maximum absolute atomic E-state index is 12.8. The van der Waals surface area contributed by atoms with Gasteiger partial charge in [0.25, 0.3) is 0 Å². The summed E-state index contributed by atoms with van der Waals surface area (Å²) >= 11 is 0. The van der Waals surface area contributed by atoms with Crippen LogP contribution in [0.25, 0.3) is 22.4 Å². The molecule has 2 atom stereocenters. The molecule has 1 aliphatic heterocycles. The molecule has 8 nitrogen and oxygen atoms in total. The van der Waals surface area contributed by atoms with E-state index in [2.05, 4.69) is 16.8 Å². The molecule has 1 saturated carbocycles. The van der Waals surface area contributed by atoms with Gasteiger partial charge in [-0.3, -0.25) is 4.78 Å². The number of anilines is 1. The van der Waals surface area contributed by atoms with Crippen LogP contribution in [0.4, 0.5) is 5.82 Å². The van der Waals surface area contributed by atoms with Crippen LogP contribution in [0.2, 0.25) is 0 Å². The molecule has 3 aromatic heterocycles. The van der Waals surface area contributed by atoms with Gasteiger partial charge in [-0.2, -0.15) is 0 Å². The molecule has 9 heteroatoms. The fourth-order valence-electron chi connectivity index (χ4n) is 4.32. The van der Waals surface area contributed by atoms with Crippen molar-refractivity contribution in [2.24, 2.45) is 7.05 Å².